The Morgan fingerprint density at radius 3 is 2.29 bits per heavy atom. The van der Waals surface area contributed by atoms with E-state index < -0.39 is 35.5 Å². The van der Waals surface area contributed by atoms with Crippen molar-refractivity contribution in [2.45, 2.75) is 51.5 Å². The second-order valence-electron chi connectivity index (χ2n) is 10.6. The number of halogens is 1. The number of aromatic nitrogens is 3. The van der Waals surface area contributed by atoms with Crippen molar-refractivity contribution >= 4 is 41.1 Å². The van der Waals surface area contributed by atoms with Gasteiger partial charge in [-0.05, 0) is 74.9 Å². The van der Waals surface area contributed by atoms with E-state index in [9.17, 15) is 19.2 Å². The Balaban J connectivity index is 1.15. The highest BCUT2D eigenvalue weighted by Crippen LogP contribution is 2.36. The highest BCUT2D eigenvalue weighted by Gasteiger charge is 2.45. The summed E-state index contributed by atoms with van der Waals surface area (Å²) in [7, 11) is 0. The van der Waals surface area contributed by atoms with Gasteiger partial charge in [0.1, 0.15) is 17.7 Å². The van der Waals surface area contributed by atoms with Gasteiger partial charge in [0.15, 0.2) is 0 Å². The van der Waals surface area contributed by atoms with Crippen LogP contribution in [0.3, 0.4) is 0 Å². The van der Waals surface area contributed by atoms with Gasteiger partial charge in [-0.2, -0.15) is 0 Å². The monoisotopic (exact) mass is 557 g/mol. The van der Waals surface area contributed by atoms with Gasteiger partial charge in [-0.3, -0.25) is 29.4 Å². The van der Waals surface area contributed by atoms with Crippen LogP contribution in [0.2, 0.25) is 0 Å². The summed E-state index contributed by atoms with van der Waals surface area (Å²) in [6.07, 6.45) is 3.30. The van der Waals surface area contributed by atoms with Gasteiger partial charge in [-0.1, -0.05) is 0 Å². The molecule has 3 aliphatic heterocycles. The molecule has 6 rings (SSSR count). The standard InChI is InChI=1S/C29H28FN7O4/c1-15-11-16(2)33-29(32-15)34-24-12-18(5-8-31-24)17-6-9-36(10-7-17)23-14-20-19(13-21(23)30)27(40)37(28(20)41)22-3-4-25(38)35-26(22)39/h5,8,11-14,17,22H,3-4,6-7,9-10H2,1-2H3,(H,35,38,39)(H,31,32,33,34). The van der Waals surface area contributed by atoms with Gasteiger partial charge in [-0.15, -0.1) is 0 Å². The van der Waals surface area contributed by atoms with Crippen LogP contribution in [-0.2, 0) is 9.59 Å². The molecular formula is C29H28FN7O4. The van der Waals surface area contributed by atoms with Crippen molar-refractivity contribution in [1.82, 2.24) is 25.2 Å². The predicted octanol–water partition coefficient (Wildman–Crippen LogP) is 3.16. The van der Waals surface area contributed by atoms with Gasteiger partial charge in [0.2, 0.25) is 17.8 Å². The van der Waals surface area contributed by atoms with E-state index in [2.05, 4.69) is 25.6 Å². The molecule has 2 N–H and O–H groups in total. The summed E-state index contributed by atoms with van der Waals surface area (Å²) in [5.74, 6) is -1.78. The van der Waals surface area contributed by atoms with Crippen molar-refractivity contribution in [3.05, 3.63) is 70.4 Å². The molecular weight excluding hydrogens is 529 g/mol. The van der Waals surface area contributed by atoms with E-state index in [4.69, 9.17) is 0 Å². The van der Waals surface area contributed by atoms with Crippen LogP contribution in [0.15, 0.2) is 36.5 Å². The van der Waals surface area contributed by atoms with Crippen molar-refractivity contribution in [1.29, 1.82) is 0 Å². The molecule has 0 aliphatic carbocycles. The second kappa shape index (κ2) is 10.3. The fourth-order valence-electron chi connectivity index (χ4n) is 5.84. The minimum atomic E-state index is -1.09. The molecule has 4 amide bonds. The summed E-state index contributed by atoms with van der Waals surface area (Å²) in [4.78, 5) is 66.0. The molecule has 1 unspecified atom stereocenters. The first-order valence-corrected chi connectivity index (χ1v) is 13.5. The Morgan fingerprint density at radius 1 is 0.927 bits per heavy atom. The molecule has 12 heteroatoms. The Kier molecular flexibility index (Phi) is 6.68. The fraction of sp³-hybridized carbons (Fsp3) is 0.345. The lowest BCUT2D eigenvalue weighted by Crippen LogP contribution is -2.54. The lowest BCUT2D eigenvalue weighted by molar-refractivity contribution is -0.136. The molecule has 0 spiro atoms. The molecule has 1 aromatic carbocycles. The van der Waals surface area contributed by atoms with Gasteiger partial charge < -0.3 is 10.2 Å². The first-order valence-electron chi connectivity index (χ1n) is 13.5. The predicted molar refractivity (Wildman–Crippen MR) is 146 cm³/mol. The molecule has 2 aromatic heterocycles. The third kappa shape index (κ3) is 5.01. The highest BCUT2D eigenvalue weighted by molar-refractivity contribution is 6.23. The van der Waals surface area contributed by atoms with E-state index in [1.807, 2.05) is 36.9 Å². The van der Waals surface area contributed by atoms with Crippen LogP contribution >= 0.6 is 0 Å². The molecule has 5 heterocycles. The van der Waals surface area contributed by atoms with Crippen molar-refractivity contribution in [2.24, 2.45) is 0 Å². The molecule has 41 heavy (non-hydrogen) atoms. The number of fused-ring (bicyclic) bond motifs is 1. The minimum absolute atomic E-state index is 0.0206. The van der Waals surface area contributed by atoms with E-state index in [0.717, 1.165) is 40.8 Å². The number of piperidine rings is 2. The van der Waals surface area contributed by atoms with Crippen LogP contribution in [0.4, 0.5) is 21.8 Å². The Bertz CT molecular complexity index is 1580. The third-order valence-corrected chi connectivity index (χ3v) is 7.82. The zero-order chi connectivity index (χ0) is 28.8. The van der Waals surface area contributed by atoms with E-state index >= 15 is 4.39 Å². The third-order valence-electron chi connectivity index (χ3n) is 7.82. The van der Waals surface area contributed by atoms with E-state index in [1.54, 1.807) is 6.20 Å². The van der Waals surface area contributed by atoms with Crippen molar-refractivity contribution in [2.75, 3.05) is 23.3 Å². The number of rotatable bonds is 5. The number of anilines is 3. The first kappa shape index (κ1) is 26.5. The number of imide groups is 2. The number of nitrogens with one attached hydrogen (secondary N) is 2. The molecule has 3 aromatic rings. The summed E-state index contributed by atoms with van der Waals surface area (Å²) in [5, 5.41) is 5.34. The molecule has 0 saturated carbocycles. The molecule has 210 valence electrons. The molecule has 3 aliphatic rings. The number of carbonyl (C=O) groups is 4. The molecule has 11 nitrogen and oxygen atoms in total. The SMILES string of the molecule is Cc1cc(C)nc(Nc2cc(C3CCN(c4cc5c(cc4F)C(=O)N(C4CCC(=O)NC4=O)C5=O)CC3)ccn2)n1. The number of aryl methyl sites for hydroxylation is 2. The molecule has 2 fully saturated rings. The maximum atomic E-state index is 15.3. The number of pyridine rings is 1. The maximum absolute atomic E-state index is 15.3. The maximum Gasteiger partial charge on any atom is 0.262 e. The number of amides is 4. The largest absolute Gasteiger partial charge is 0.369 e. The van der Waals surface area contributed by atoms with Gasteiger partial charge >= 0.3 is 0 Å². The zero-order valence-electron chi connectivity index (χ0n) is 22.6. The Hall–Kier alpha value is -4.74. The van der Waals surface area contributed by atoms with Crippen LogP contribution in [0.25, 0.3) is 0 Å². The zero-order valence-corrected chi connectivity index (χ0v) is 22.6. The summed E-state index contributed by atoms with van der Waals surface area (Å²) < 4.78 is 15.3. The van der Waals surface area contributed by atoms with Crippen LogP contribution in [0.5, 0.6) is 0 Å². The average molecular weight is 558 g/mol. The van der Waals surface area contributed by atoms with Crippen LogP contribution in [-0.4, -0.2) is 62.6 Å². The number of nitrogens with zero attached hydrogens (tertiary/aromatic N) is 5. The quantitative estimate of drug-likeness (QED) is 0.453. The van der Waals surface area contributed by atoms with E-state index in [0.29, 0.717) is 24.9 Å². The van der Waals surface area contributed by atoms with Gasteiger partial charge in [0.25, 0.3) is 11.8 Å². The number of benzene rings is 1. The fourth-order valence-corrected chi connectivity index (χ4v) is 5.84. The van der Waals surface area contributed by atoms with Gasteiger partial charge in [0, 0.05) is 37.1 Å². The number of carbonyl (C=O) groups excluding carboxylic acids is 4. The molecule has 0 radical (unpaired) electrons. The smallest absolute Gasteiger partial charge is 0.262 e. The van der Waals surface area contributed by atoms with Crippen molar-refractivity contribution in [3.63, 3.8) is 0 Å². The second-order valence-corrected chi connectivity index (χ2v) is 10.6. The average Bonchev–Trinajstić information content (AvgIpc) is 3.16. The lowest BCUT2D eigenvalue weighted by Gasteiger charge is -2.34. The van der Waals surface area contributed by atoms with E-state index in [-0.39, 0.29) is 35.6 Å². The number of hydrogen-bond acceptors (Lipinski definition) is 9. The topological polar surface area (TPSA) is 137 Å². The Morgan fingerprint density at radius 2 is 1.61 bits per heavy atom. The van der Waals surface area contributed by atoms with Crippen molar-refractivity contribution < 1.29 is 23.6 Å². The first-order chi connectivity index (χ1) is 19.7. The highest BCUT2D eigenvalue weighted by atomic mass is 19.1. The van der Waals surface area contributed by atoms with Crippen LogP contribution in [0, 0.1) is 19.7 Å². The molecule has 0 bridgehead atoms. The summed E-state index contributed by atoms with van der Waals surface area (Å²) in [6.45, 7) is 4.91. The summed E-state index contributed by atoms with van der Waals surface area (Å²) in [6, 6.07) is 7.25. The normalized spacial score (nSPS) is 19.4. The summed E-state index contributed by atoms with van der Waals surface area (Å²) >= 11 is 0. The minimum Gasteiger partial charge on any atom is -0.369 e. The van der Waals surface area contributed by atoms with E-state index in [1.165, 1.54) is 6.07 Å². The van der Waals surface area contributed by atoms with Crippen molar-refractivity contribution in [3.8, 4) is 0 Å². The van der Waals surface area contributed by atoms with Crippen LogP contribution in [0.1, 0.15) is 69.3 Å². The number of hydrogen-bond donors (Lipinski definition) is 2. The lowest BCUT2D eigenvalue weighted by atomic mass is 9.89. The van der Waals surface area contributed by atoms with Gasteiger partial charge in [0.05, 0.1) is 16.8 Å². The van der Waals surface area contributed by atoms with Crippen LogP contribution < -0.4 is 15.5 Å². The Labute approximate surface area is 235 Å². The summed E-state index contributed by atoms with van der Waals surface area (Å²) in [5.41, 5.74) is 3.06. The van der Waals surface area contributed by atoms with Gasteiger partial charge in [-0.25, -0.2) is 19.3 Å². The molecule has 2 saturated heterocycles. The molecule has 1 atom stereocenters.